The van der Waals surface area contributed by atoms with E-state index in [0.29, 0.717) is 6.67 Å². The van der Waals surface area contributed by atoms with Crippen molar-refractivity contribution in [2.75, 3.05) is 16.5 Å². The van der Waals surface area contributed by atoms with Gasteiger partial charge in [-0.2, -0.15) is 0 Å². The lowest BCUT2D eigenvalue weighted by atomic mass is 9.86. The third kappa shape index (κ3) is 6.95. The Hall–Kier alpha value is -7.89. The average molecular weight is 883 g/mol. The van der Waals surface area contributed by atoms with Crippen LogP contribution in [0.4, 0.5) is 22.7 Å². The summed E-state index contributed by atoms with van der Waals surface area (Å²) in [6, 6.07) is 70.5. The molecule has 10 aromatic rings. The molecule has 1 aliphatic carbocycles. The second-order valence-electron chi connectivity index (χ2n) is 20.5. The van der Waals surface area contributed by atoms with Crippen molar-refractivity contribution in [3.8, 4) is 39.6 Å². The zero-order valence-corrected chi connectivity index (χ0v) is 39.5. The van der Waals surface area contributed by atoms with Crippen LogP contribution in [0, 0.1) is 0 Å². The Kier molecular flexibility index (Phi) is 9.70. The monoisotopic (exact) mass is 882 g/mol. The first kappa shape index (κ1) is 41.5. The molecule has 0 radical (unpaired) electrons. The molecule has 68 heavy (non-hydrogen) atoms. The zero-order valence-electron chi connectivity index (χ0n) is 39.5. The molecule has 12 rings (SSSR count). The molecule has 0 saturated heterocycles. The lowest BCUT2D eigenvalue weighted by Crippen LogP contribution is -2.25. The molecule has 0 saturated carbocycles. The van der Waals surface area contributed by atoms with Gasteiger partial charge in [-0.1, -0.05) is 175 Å². The molecule has 5 heteroatoms. The average Bonchev–Trinajstić information content (AvgIpc) is 4.02. The van der Waals surface area contributed by atoms with Crippen molar-refractivity contribution in [1.29, 1.82) is 0 Å². The standard InChI is InChI=1S/C63H54N4O/c1-62(2,3)44-31-32-53-55(35-44)65(40-66(53)61-49(41-19-10-7-11-20-41)27-17-28-50(61)42-21-12-8-13-22-42)46-25-16-26-47(37-46)68-48-38-52-58(43-23-14-9-15-24-43)51-29-18-30-54-59(51)60(52)56(39-48)67(54)57-36-45(33-34-64-57)63(4,5)6/h7-39,58H,40H2,1-6H3. The molecule has 0 bridgehead atoms. The van der Waals surface area contributed by atoms with Crippen molar-refractivity contribution in [1.82, 2.24) is 9.55 Å². The lowest BCUT2D eigenvalue weighted by molar-refractivity contribution is 0.482. The summed E-state index contributed by atoms with van der Waals surface area (Å²) in [7, 11) is 0. The summed E-state index contributed by atoms with van der Waals surface area (Å²) < 4.78 is 9.47. The van der Waals surface area contributed by atoms with Crippen molar-refractivity contribution in [3.63, 3.8) is 0 Å². The predicted octanol–water partition coefficient (Wildman–Crippen LogP) is 16.6. The third-order valence-corrected chi connectivity index (χ3v) is 14.1. The Balaban J connectivity index is 0.993. The predicted molar refractivity (Wildman–Crippen MR) is 283 cm³/mol. The van der Waals surface area contributed by atoms with Crippen LogP contribution in [-0.4, -0.2) is 16.2 Å². The number of anilines is 4. The Bertz CT molecular complexity index is 3490. The van der Waals surface area contributed by atoms with Crippen molar-refractivity contribution >= 4 is 44.6 Å². The Morgan fingerprint density at radius 3 is 1.81 bits per heavy atom. The van der Waals surface area contributed by atoms with Crippen LogP contribution in [0.15, 0.2) is 200 Å². The minimum Gasteiger partial charge on any atom is -0.457 e. The number of nitrogens with zero attached hydrogens (tertiary/aromatic N) is 4. The van der Waals surface area contributed by atoms with Gasteiger partial charge in [0.1, 0.15) is 24.0 Å². The van der Waals surface area contributed by atoms with Gasteiger partial charge in [0.15, 0.2) is 0 Å². The van der Waals surface area contributed by atoms with Gasteiger partial charge in [-0.25, -0.2) is 4.98 Å². The van der Waals surface area contributed by atoms with Gasteiger partial charge in [-0.15, -0.1) is 0 Å². The lowest BCUT2D eigenvalue weighted by Gasteiger charge is -2.27. The molecule has 8 aromatic carbocycles. The second-order valence-corrected chi connectivity index (χ2v) is 20.5. The van der Waals surface area contributed by atoms with Crippen molar-refractivity contribution in [2.45, 2.75) is 58.3 Å². The minimum atomic E-state index is -0.0415. The van der Waals surface area contributed by atoms with Gasteiger partial charge in [-0.3, -0.25) is 4.57 Å². The molecule has 1 aliphatic heterocycles. The van der Waals surface area contributed by atoms with E-state index in [0.717, 1.165) is 34.0 Å². The van der Waals surface area contributed by atoms with Crippen molar-refractivity contribution in [2.24, 2.45) is 0 Å². The molecule has 3 heterocycles. The highest BCUT2D eigenvalue weighted by atomic mass is 16.5. The highest BCUT2D eigenvalue weighted by molar-refractivity contribution is 6.16. The van der Waals surface area contributed by atoms with Crippen LogP contribution in [-0.2, 0) is 10.8 Å². The summed E-state index contributed by atoms with van der Waals surface area (Å²) >= 11 is 0. The van der Waals surface area contributed by atoms with E-state index in [1.54, 1.807) is 0 Å². The van der Waals surface area contributed by atoms with Crippen LogP contribution in [0.5, 0.6) is 11.5 Å². The van der Waals surface area contributed by atoms with E-state index in [9.17, 15) is 0 Å². The largest absolute Gasteiger partial charge is 0.457 e. The number of para-hydroxylation sites is 1. The molecule has 0 spiro atoms. The molecule has 5 nitrogen and oxygen atoms in total. The van der Waals surface area contributed by atoms with Gasteiger partial charge in [-0.05, 0) is 98.3 Å². The summed E-state index contributed by atoms with van der Waals surface area (Å²) in [5.41, 5.74) is 17.9. The summed E-state index contributed by atoms with van der Waals surface area (Å²) in [5.74, 6) is 2.56. The first-order chi connectivity index (χ1) is 33.0. The van der Waals surface area contributed by atoms with E-state index < -0.39 is 0 Å². The summed E-state index contributed by atoms with van der Waals surface area (Å²) in [6.45, 7) is 14.3. The first-order valence-corrected chi connectivity index (χ1v) is 23.8. The molecule has 2 aliphatic rings. The molecule has 1 unspecified atom stereocenters. The number of hydrogen-bond donors (Lipinski definition) is 0. The van der Waals surface area contributed by atoms with Gasteiger partial charge in [0.05, 0.1) is 28.1 Å². The Morgan fingerprint density at radius 1 is 0.485 bits per heavy atom. The summed E-state index contributed by atoms with van der Waals surface area (Å²) in [4.78, 5) is 9.98. The number of ether oxygens (including phenoxy) is 1. The highest BCUT2D eigenvalue weighted by Crippen LogP contribution is 2.54. The van der Waals surface area contributed by atoms with Crippen LogP contribution in [0.25, 0.3) is 49.9 Å². The fourth-order valence-corrected chi connectivity index (χ4v) is 10.7. The maximum atomic E-state index is 7.12. The quantitative estimate of drug-likeness (QED) is 0.152. The fraction of sp³-hybridized carbons (Fsp3) is 0.159. The number of hydrogen-bond acceptors (Lipinski definition) is 4. The number of pyridine rings is 1. The summed E-state index contributed by atoms with van der Waals surface area (Å²) in [5, 5.41) is 2.56. The van der Waals surface area contributed by atoms with Crippen molar-refractivity contribution in [3.05, 3.63) is 228 Å². The molecule has 0 amide bonds. The maximum Gasteiger partial charge on any atom is 0.137 e. The zero-order chi connectivity index (χ0) is 46.3. The molecule has 1 atom stereocenters. The molecule has 332 valence electrons. The number of aromatic nitrogens is 2. The smallest absolute Gasteiger partial charge is 0.137 e. The highest BCUT2D eigenvalue weighted by Gasteiger charge is 2.35. The van der Waals surface area contributed by atoms with Crippen LogP contribution >= 0.6 is 0 Å². The first-order valence-electron chi connectivity index (χ1n) is 23.8. The summed E-state index contributed by atoms with van der Waals surface area (Å²) in [6.07, 6.45) is 1.95. The SMILES string of the molecule is CC(C)(C)c1ccnc(-n2c3cccc4c3c3c(cc(Oc5cccc(N6CN(c7c(-c8ccccc8)cccc7-c7ccccc7)c7ccc(C(C)(C)C)cc76)c5)cc32)C4c2ccccc2)c1. The van der Waals surface area contributed by atoms with E-state index >= 15 is 0 Å². The van der Waals surface area contributed by atoms with Crippen LogP contribution in [0.3, 0.4) is 0 Å². The molecular formula is C63H54N4O. The van der Waals surface area contributed by atoms with E-state index in [1.165, 1.54) is 77.9 Å². The van der Waals surface area contributed by atoms with Gasteiger partial charge < -0.3 is 14.5 Å². The van der Waals surface area contributed by atoms with Crippen LogP contribution < -0.4 is 14.5 Å². The third-order valence-electron chi connectivity index (χ3n) is 14.1. The Labute approximate surface area is 399 Å². The van der Waals surface area contributed by atoms with E-state index in [4.69, 9.17) is 9.72 Å². The number of benzene rings is 8. The fourth-order valence-electron chi connectivity index (χ4n) is 10.7. The maximum absolute atomic E-state index is 7.12. The molecular weight excluding hydrogens is 829 g/mol. The van der Waals surface area contributed by atoms with E-state index in [-0.39, 0.29) is 16.7 Å². The normalized spacial score (nSPS) is 14.4. The number of rotatable bonds is 8. The molecule has 2 aromatic heterocycles. The Morgan fingerprint density at radius 2 is 1.12 bits per heavy atom. The van der Waals surface area contributed by atoms with Gasteiger partial charge in [0, 0.05) is 51.8 Å². The topological polar surface area (TPSA) is 33.5 Å². The molecule has 0 fully saturated rings. The van der Waals surface area contributed by atoms with Gasteiger partial charge in [0.25, 0.3) is 0 Å². The van der Waals surface area contributed by atoms with Crippen LogP contribution in [0.2, 0.25) is 0 Å². The number of fused-ring (bicyclic) bond motifs is 1. The van der Waals surface area contributed by atoms with Crippen molar-refractivity contribution < 1.29 is 4.74 Å². The minimum absolute atomic E-state index is 0.0296. The second kappa shape index (κ2) is 15.9. The van der Waals surface area contributed by atoms with E-state index in [2.05, 4.69) is 250 Å². The van der Waals surface area contributed by atoms with Gasteiger partial charge in [0.2, 0.25) is 0 Å². The van der Waals surface area contributed by atoms with Crippen LogP contribution in [0.1, 0.15) is 75.3 Å². The van der Waals surface area contributed by atoms with E-state index in [1.807, 2.05) is 6.20 Å². The molecule has 0 N–H and O–H groups in total. The van der Waals surface area contributed by atoms with Gasteiger partial charge >= 0.3 is 0 Å².